The first-order valence-electron chi connectivity index (χ1n) is 8.82. The van der Waals surface area contributed by atoms with Crippen molar-refractivity contribution in [3.05, 3.63) is 34.6 Å². The highest BCUT2D eigenvalue weighted by molar-refractivity contribution is 6.30. The molecule has 5 nitrogen and oxygen atoms in total. The maximum absolute atomic E-state index is 13.3. The number of carbonyl (C=O) groups excluding carboxylic acids is 1. The molecule has 2 aliphatic rings. The highest BCUT2D eigenvalue weighted by atomic mass is 35.5. The van der Waals surface area contributed by atoms with E-state index < -0.39 is 5.82 Å². The number of urea groups is 1. The molecule has 138 valence electrons. The molecule has 0 aliphatic carbocycles. The van der Waals surface area contributed by atoms with Gasteiger partial charge in [-0.25, -0.2) is 9.18 Å². The molecule has 1 aromatic carbocycles. The van der Waals surface area contributed by atoms with Gasteiger partial charge in [0.2, 0.25) is 0 Å². The lowest BCUT2D eigenvalue weighted by Crippen LogP contribution is -2.52. The first-order chi connectivity index (χ1) is 12.1. The molecule has 0 radical (unpaired) electrons. The highest BCUT2D eigenvalue weighted by Gasteiger charge is 2.30. The molecule has 2 heterocycles. The summed E-state index contributed by atoms with van der Waals surface area (Å²) in [6.45, 7) is 4.19. The van der Waals surface area contributed by atoms with E-state index in [1.165, 1.54) is 6.07 Å². The summed E-state index contributed by atoms with van der Waals surface area (Å²) in [5, 5.41) is 3.15. The number of ether oxygens (including phenoxy) is 2. The molecule has 3 atom stereocenters. The molecule has 0 spiro atoms. The van der Waals surface area contributed by atoms with Crippen LogP contribution in [0.25, 0.3) is 0 Å². The highest BCUT2D eigenvalue weighted by Crippen LogP contribution is 2.26. The van der Waals surface area contributed by atoms with Gasteiger partial charge in [0.25, 0.3) is 0 Å². The van der Waals surface area contributed by atoms with Gasteiger partial charge in [-0.05, 0) is 37.0 Å². The van der Waals surface area contributed by atoms with Crippen LogP contribution in [-0.4, -0.2) is 49.4 Å². The Bertz CT molecular complexity index is 610. The molecule has 3 rings (SSSR count). The van der Waals surface area contributed by atoms with Gasteiger partial charge in [-0.2, -0.15) is 0 Å². The molecule has 0 aromatic heterocycles. The van der Waals surface area contributed by atoms with Crippen molar-refractivity contribution in [2.75, 3.05) is 26.3 Å². The van der Waals surface area contributed by atoms with Gasteiger partial charge in [0, 0.05) is 13.2 Å². The van der Waals surface area contributed by atoms with E-state index in [1.807, 2.05) is 0 Å². The van der Waals surface area contributed by atoms with Gasteiger partial charge in [-0.1, -0.05) is 24.6 Å². The van der Waals surface area contributed by atoms with Crippen LogP contribution in [0.2, 0.25) is 5.02 Å². The summed E-state index contributed by atoms with van der Waals surface area (Å²) >= 11 is 5.85. The third-order valence-corrected chi connectivity index (χ3v) is 5.12. The fraction of sp³-hybridized carbons (Fsp3) is 0.611. The zero-order valence-electron chi connectivity index (χ0n) is 14.3. The zero-order valence-corrected chi connectivity index (χ0v) is 15.1. The van der Waals surface area contributed by atoms with Crippen LogP contribution in [0, 0.1) is 5.82 Å². The predicted molar refractivity (Wildman–Crippen MR) is 93.3 cm³/mol. The van der Waals surface area contributed by atoms with Crippen LogP contribution < -0.4 is 5.32 Å². The molecule has 1 N–H and O–H groups in total. The lowest BCUT2D eigenvalue weighted by atomic mass is 10.1. The third-order valence-electron chi connectivity index (χ3n) is 4.83. The Morgan fingerprint density at radius 1 is 1.44 bits per heavy atom. The number of hydrogen-bond donors (Lipinski definition) is 1. The number of nitrogens with one attached hydrogen (secondary N) is 1. The number of morpholine rings is 1. The second kappa shape index (κ2) is 8.34. The van der Waals surface area contributed by atoms with Crippen LogP contribution in [0.15, 0.2) is 18.2 Å². The lowest BCUT2D eigenvalue weighted by molar-refractivity contribution is -0.0168. The molecule has 2 amide bonds. The number of carbonyl (C=O) groups is 1. The number of hydrogen-bond acceptors (Lipinski definition) is 3. The van der Waals surface area contributed by atoms with Crippen LogP contribution in [-0.2, 0) is 9.47 Å². The summed E-state index contributed by atoms with van der Waals surface area (Å²) in [5.41, 5.74) is 0.773. The van der Waals surface area contributed by atoms with Gasteiger partial charge in [0.1, 0.15) is 11.9 Å². The minimum atomic E-state index is -0.460. The van der Waals surface area contributed by atoms with Gasteiger partial charge in [0.15, 0.2) is 0 Å². The normalized spacial score (nSPS) is 25.0. The largest absolute Gasteiger partial charge is 0.376 e. The van der Waals surface area contributed by atoms with E-state index in [2.05, 4.69) is 12.2 Å². The molecule has 2 aliphatic heterocycles. The fourth-order valence-corrected chi connectivity index (χ4v) is 3.56. The van der Waals surface area contributed by atoms with Crippen LogP contribution in [0.4, 0.5) is 9.18 Å². The summed E-state index contributed by atoms with van der Waals surface area (Å²) in [5.74, 6) is -0.460. The van der Waals surface area contributed by atoms with Gasteiger partial charge >= 0.3 is 6.03 Å². The van der Waals surface area contributed by atoms with E-state index in [4.69, 9.17) is 21.1 Å². The number of amides is 2. The molecule has 2 fully saturated rings. The Hall–Kier alpha value is -1.37. The van der Waals surface area contributed by atoms with Gasteiger partial charge < -0.3 is 19.7 Å². The smallest absolute Gasteiger partial charge is 0.317 e. The van der Waals surface area contributed by atoms with Crippen molar-refractivity contribution >= 4 is 17.6 Å². The maximum Gasteiger partial charge on any atom is 0.317 e. The van der Waals surface area contributed by atoms with Gasteiger partial charge in [-0.3, -0.25) is 0 Å². The van der Waals surface area contributed by atoms with E-state index in [-0.39, 0.29) is 29.3 Å². The van der Waals surface area contributed by atoms with Crippen molar-refractivity contribution in [1.29, 1.82) is 0 Å². The van der Waals surface area contributed by atoms with E-state index in [9.17, 15) is 9.18 Å². The minimum Gasteiger partial charge on any atom is -0.376 e. The van der Waals surface area contributed by atoms with E-state index in [1.54, 1.807) is 17.0 Å². The van der Waals surface area contributed by atoms with E-state index in [0.29, 0.717) is 19.7 Å². The SMILES string of the molecule is CC[C@H](NC(=O)N1CCO[C@H](c2ccc(F)c(Cl)c2)C1)[C@@H]1CCCO1. The van der Waals surface area contributed by atoms with Crippen molar-refractivity contribution in [2.45, 2.75) is 44.4 Å². The first-order valence-corrected chi connectivity index (χ1v) is 9.20. The molecule has 7 heteroatoms. The maximum atomic E-state index is 13.3. The number of rotatable bonds is 4. The Balaban J connectivity index is 1.61. The quantitative estimate of drug-likeness (QED) is 0.882. The summed E-state index contributed by atoms with van der Waals surface area (Å²) in [7, 11) is 0. The van der Waals surface area contributed by atoms with Crippen molar-refractivity contribution in [3.8, 4) is 0 Å². The second-order valence-corrected chi connectivity index (χ2v) is 6.90. The number of benzene rings is 1. The molecule has 25 heavy (non-hydrogen) atoms. The van der Waals surface area contributed by atoms with Crippen LogP contribution in [0.5, 0.6) is 0 Å². The van der Waals surface area contributed by atoms with Crippen molar-refractivity contribution in [1.82, 2.24) is 10.2 Å². The number of nitrogens with zero attached hydrogens (tertiary/aromatic N) is 1. The topological polar surface area (TPSA) is 50.8 Å². The van der Waals surface area contributed by atoms with Crippen molar-refractivity contribution in [3.63, 3.8) is 0 Å². The van der Waals surface area contributed by atoms with Gasteiger partial charge in [-0.15, -0.1) is 0 Å². The summed E-state index contributed by atoms with van der Waals surface area (Å²) in [6.07, 6.45) is 2.65. The molecule has 2 saturated heterocycles. The Labute approximate surface area is 152 Å². The Morgan fingerprint density at radius 3 is 2.96 bits per heavy atom. The minimum absolute atomic E-state index is 0.0246. The molecule has 0 bridgehead atoms. The van der Waals surface area contributed by atoms with Crippen LogP contribution >= 0.6 is 11.6 Å². The molecular formula is C18H24ClFN2O3. The summed E-state index contributed by atoms with van der Waals surface area (Å²) in [4.78, 5) is 14.4. The molecular weight excluding hydrogens is 347 g/mol. The lowest BCUT2D eigenvalue weighted by Gasteiger charge is -2.35. The van der Waals surface area contributed by atoms with E-state index >= 15 is 0 Å². The molecule has 1 aromatic rings. The average molecular weight is 371 g/mol. The second-order valence-electron chi connectivity index (χ2n) is 6.49. The average Bonchev–Trinajstić information content (AvgIpc) is 3.16. The summed E-state index contributed by atoms with van der Waals surface area (Å²) in [6, 6.07) is 4.45. The molecule has 0 unspecified atom stereocenters. The molecule has 0 saturated carbocycles. The predicted octanol–water partition coefficient (Wildman–Crippen LogP) is 3.52. The van der Waals surface area contributed by atoms with Crippen molar-refractivity contribution < 1.29 is 18.7 Å². The summed E-state index contributed by atoms with van der Waals surface area (Å²) < 4.78 is 24.8. The number of halogens is 2. The fourth-order valence-electron chi connectivity index (χ4n) is 3.38. The Morgan fingerprint density at radius 2 is 2.28 bits per heavy atom. The van der Waals surface area contributed by atoms with Gasteiger partial charge in [0.05, 0.1) is 30.3 Å². The van der Waals surface area contributed by atoms with Crippen LogP contribution in [0.1, 0.15) is 37.9 Å². The Kier molecular flexibility index (Phi) is 6.15. The van der Waals surface area contributed by atoms with E-state index in [0.717, 1.165) is 31.4 Å². The van der Waals surface area contributed by atoms with Crippen molar-refractivity contribution in [2.24, 2.45) is 0 Å². The van der Waals surface area contributed by atoms with Crippen LogP contribution in [0.3, 0.4) is 0 Å². The standard InChI is InChI=1S/C18H24ClFN2O3/c1-2-15(16-4-3-8-24-16)21-18(23)22-7-9-25-17(11-22)12-5-6-14(20)13(19)10-12/h5-6,10,15-17H,2-4,7-9,11H2,1H3,(H,21,23)/t15-,16-,17-/m0/s1. The zero-order chi connectivity index (χ0) is 17.8. The third kappa shape index (κ3) is 4.43. The monoisotopic (exact) mass is 370 g/mol. The first kappa shape index (κ1) is 18.4.